The van der Waals surface area contributed by atoms with Crippen molar-refractivity contribution >= 4 is 23.3 Å². The summed E-state index contributed by atoms with van der Waals surface area (Å²) in [5.74, 6) is -2.39. The van der Waals surface area contributed by atoms with Gasteiger partial charge in [-0.3, -0.25) is 34.4 Å². The van der Waals surface area contributed by atoms with E-state index < -0.39 is 56.8 Å². The third kappa shape index (κ3) is 2.70. The smallest absolute Gasteiger partial charge is 0.384 e. The number of aromatic nitrogens is 1. The van der Waals surface area contributed by atoms with E-state index in [-0.39, 0.29) is 17.2 Å². The van der Waals surface area contributed by atoms with Crippen LogP contribution in [0.2, 0.25) is 0 Å². The van der Waals surface area contributed by atoms with Crippen molar-refractivity contribution in [1.29, 1.82) is 0 Å². The number of halogens is 3. The van der Waals surface area contributed by atoms with E-state index >= 15 is 0 Å². The summed E-state index contributed by atoms with van der Waals surface area (Å²) in [6, 6.07) is 1.80. The predicted octanol–water partition coefficient (Wildman–Crippen LogP) is 1.54. The Kier molecular flexibility index (Phi) is 3.79. The molecular weight excluding hydrogens is 373 g/mol. The number of nitrogens with two attached hydrogens (primary N) is 1. The molecule has 1 aromatic heterocycles. The van der Waals surface area contributed by atoms with Gasteiger partial charge in [-0.1, -0.05) is 0 Å². The van der Waals surface area contributed by atoms with Crippen LogP contribution in [0, 0.1) is 17.0 Å². The van der Waals surface area contributed by atoms with Crippen LogP contribution in [0.1, 0.15) is 31.8 Å². The molecule has 1 aliphatic rings. The zero-order valence-corrected chi connectivity index (χ0v) is 13.4. The number of pyridine rings is 1. The van der Waals surface area contributed by atoms with Crippen molar-refractivity contribution in [2.24, 2.45) is 0 Å². The Hall–Kier alpha value is -3.70. The maximum absolute atomic E-state index is 13.1. The van der Waals surface area contributed by atoms with Gasteiger partial charge in [-0.2, -0.15) is 13.2 Å². The van der Waals surface area contributed by atoms with Gasteiger partial charge in [0.15, 0.2) is 0 Å². The molecule has 2 amide bonds. The lowest BCUT2D eigenvalue weighted by atomic mass is 10.0. The quantitative estimate of drug-likeness (QED) is 0.459. The number of alkyl halides is 3. The highest BCUT2D eigenvalue weighted by atomic mass is 19.4. The van der Waals surface area contributed by atoms with Crippen molar-refractivity contribution in [2.45, 2.75) is 13.1 Å². The zero-order valence-electron chi connectivity index (χ0n) is 13.4. The lowest BCUT2D eigenvalue weighted by Gasteiger charge is -2.15. The molecule has 0 aliphatic carbocycles. The van der Waals surface area contributed by atoms with E-state index in [4.69, 9.17) is 5.73 Å². The molecule has 0 saturated carbocycles. The number of rotatable bonds is 2. The molecule has 0 saturated heterocycles. The van der Waals surface area contributed by atoms with E-state index in [1.165, 1.54) is 0 Å². The van der Waals surface area contributed by atoms with Gasteiger partial charge in [0, 0.05) is 12.1 Å². The summed E-state index contributed by atoms with van der Waals surface area (Å²) in [7, 11) is 0. The summed E-state index contributed by atoms with van der Waals surface area (Å²) in [6.45, 7) is 1.06. The van der Waals surface area contributed by atoms with E-state index in [1.807, 2.05) is 5.32 Å². The number of fused-ring (bicyclic) bond motifs is 1. The number of carbonyl (C=O) groups is 2. The topological polar surface area (TPSA) is 137 Å². The minimum Gasteiger partial charge on any atom is -0.384 e. The van der Waals surface area contributed by atoms with E-state index in [2.05, 4.69) is 0 Å². The van der Waals surface area contributed by atoms with E-state index in [9.17, 15) is 37.7 Å². The first-order valence-electron chi connectivity index (χ1n) is 7.21. The molecule has 0 atom stereocenters. The number of amides is 2. The zero-order chi connectivity index (χ0) is 20.3. The summed E-state index contributed by atoms with van der Waals surface area (Å²) in [4.78, 5) is 46.1. The van der Waals surface area contributed by atoms with Crippen LogP contribution in [-0.2, 0) is 6.18 Å². The van der Waals surface area contributed by atoms with Gasteiger partial charge in [0.2, 0.25) is 0 Å². The number of nitrogens with one attached hydrogen (secondary N) is 1. The predicted molar refractivity (Wildman–Crippen MR) is 84.6 cm³/mol. The third-order valence-electron chi connectivity index (χ3n) is 4.02. The van der Waals surface area contributed by atoms with Crippen molar-refractivity contribution in [3.63, 3.8) is 0 Å². The highest BCUT2D eigenvalue weighted by Crippen LogP contribution is 2.37. The van der Waals surface area contributed by atoms with Gasteiger partial charge in [0.05, 0.1) is 21.6 Å². The largest absolute Gasteiger partial charge is 0.416 e. The summed E-state index contributed by atoms with van der Waals surface area (Å²) in [5.41, 5.74) is 0.822. The number of aryl methyl sites for hydroxylation is 1. The lowest BCUT2D eigenvalue weighted by Crippen LogP contribution is -2.25. The molecule has 0 bridgehead atoms. The van der Waals surface area contributed by atoms with Crippen LogP contribution in [-0.4, -0.2) is 21.3 Å². The average molecular weight is 382 g/mol. The van der Waals surface area contributed by atoms with Gasteiger partial charge in [0.1, 0.15) is 11.5 Å². The second kappa shape index (κ2) is 5.65. The van der Waals surface area contributed by atoms with E-state index in [1.54, 1.807) is 0 Å². The van der Waals surface area contributed by atoms with Gasteiger partial charge in [-0.25, -0.2) is 0 Å². The SMILES string of the molecule is Cc1cc(-n2c(N)c3c(cc2=O)C(=O)NC3=O)c([N+](=O)[O-])cc1C(F)(F)F. The molecule has 0 unspecified atom stereocenters. The fraction of sp³-hybridized carbons (Fsp3) is 0.133. The van der Waals surface area contributed by atoms with Crippen LogP contribution >= 0.6 is 0 Å². The minimum absolute atomic E-state index is 0.287. The Labute approximate surface area is 147 Å². The number of nitrogens with zero attached hydrogens (tertiary/aromatic N) is 2. The first-order chi connectivity index (χ1) is 12.4. The fourth-order valence-electron chi connectivity index (χ4n) is 2.84. The van der Waals surface area contributed by atoms with Crippen molar-refractivity contribution in [2.75, 3.05) is 5.73 Å². The number of nitrogen functional groups attached to an aromatic ring is 1. The monoisotopic (exact) mass is 382 g/mol. The Balaban J connectivity index is 2.39. The number of hydrogen-bond donors (Lipinski definition) is 2. The van der Waals surface area contributed by atoms with Crippen LogP contribution < -0.4 is 16.6 Å². The molecule has 2 aromatic rings. The first-order valence-corrected chi connectivity index (χ1v) is 7.21. The second-order valence-corrected chi connectivity index (χ2v) is 5.69. The molecule has 3 rings (SSSR count). The van der Waals surface area contributed by atoms with Crippen LogP contribution in [0.5, 0.6) is 0 Å². The molecule has 0 spiro atoms. The lowest BCUT2D eigenvalue weighted by molar-refractivity contribution is -0.384. The molecule has 0 radical (unpaired) electrons. The van der Waals surface area contributed by atoms with E-state index in [0.29, 0.717) is 4.57 Å². The summed E-state index contributed by atoms with van der Waals surface area (Å²) in [5, 5.41) is 13.2. The highest BCUT2D eigenvalue weighted by molar-refractivity contribution is 6.23. The molecule has 9 nitrogen and oxygen atoms in total. The number of nitro benzene ring substituents is 1. The molecule has 12 heteroatoms. The number of carbonyl (C=O) groups excluding carboxylic acids is 2. The Morgan fingerprint density at radius 2 is 1.78 bits per heavy atom. The summed E-state index contributed by atoms with van der Waals surface area (Å²) >= 11 is 0. The molecule has 1 aromatic carbocycles. The third-order valence-corrected chi connectivity index (χ3v) is 4.02. The number of hydrogen-bond acceptors (Lipinski definition) is 6. The van der Waals surface area contributed by atoms with Gasteiger partial charge < -0.3 is 5.73 Å². The van der Waals surface area contributed by atoms with Crippen molar-refractivity contribution < 1.29 is 27.7 Å². The molecule has 0 fully saturated rings. The molecule has 2 heterocycles. The van der Waals surface area contributed by atoms with Crippen LogP contribution in [0.3, 0.4) is 0 Å². The number of nitro groups is 1. The molecule has 1 aliphatic heterocycles. The second-order valence-electron chi connectivity index (χ2n) is 5.69. The first kappa shape index (κ1) is 18.1. The van der Waals surface area contributed by atoms with Crippen molar-refractivity contribution in [3.05, 3.63) is 60.9 Å². The van der Waals surface area contributed by atoms with Crippen molar-refractivity contribution in [1.82, 2.24) is 9.88 Å². The minimum atomic E-state index is -4.85. The van der Waals surface area contributed by atoms with E-state index in [0.717, 1.165) is 19.1 Å². The van der Waals surface area contributed by atoms with Crippen LogP contribution in [0.15, 0.2) is 23.0 Å². The maximum atomic E-state index is 13.1. The Bertz CT molecular complexity index is 1100. The number of imide groups is 1. The van der Waals surface area contributed by atoms with Crippen LogP contribution in [0.4, 0.5) is 24.7 Å². The highest BCUT2D eigenvalue weighted by Gasteiger charge is 2.37. The van der Waals surface area contributed by atoms with Gasteiger partial charge in [-0.15, -0.1) is 0 Å². The fourth-order valence-corrected chi connectivity index (χ4v) is 2.84. The standard InChI is InChI=1S/C15H9F3N4O5/c1-5-2-8(9(22(26)27)4-7(5)15(16,17)18)21-10(23)3-6-11(12(21)19)14(25)20-13(6)24/h2-4H,19H2,1H3,(H,20,24,25). The number of benzene rings is 1. The molecular formula is C15H9F3N4O5. The van der Waals surface area contributed by atoms with Crippen molar-refractivity contribution in [3.8, 4) is 5.69 Å². The van der Waals surface area contributed by atoms with Gasteiger partial charge in [0.25, 0.3) is 23.1 Å². The Morgan fingerprint density at radius 3 is 2.33 bits per heavy atom. The summed E-state index contributed by atoms with van der Waals surface area (Å²) < 4.78 is 39.7. The van der Waals surface area contributed by atoms with Gasteiger partial charge >= 0.3 is 6.18 Å². The molecule has 27 heavy (non-hydrogen) atoms. The average Bonchev–Trinajstić information content (AvgIpc) is 2.80. The summed E-state index contributed by atoms with van der Waals surface area (Å²) in [6.07, 6.45) is -4.85. The molecule has 3 N–H and O–H groups in total. The maximum Gasteiger partial charge on any atom is 0.416 e. The Morgan fingerprint density at radius 1 is 1.15 bits per heavy atom. The van der Waals surface area contributed by atoms with Gasteiger partial charge in [-0.05, 0) is 18.6 Å². The van der Waals surface area contributed by atoms with Crippen LogP contribution in [0.25, 0.3) is 5.69 Å². The number of anilines is 1. The normalized spacial score (nSPS) is 13.5. The molecule has 140 valence electrons.